The van der Waals surface area contributed by atoms with Gasteiger partial charge in [-0.2, -0.15) is 0 Å². The van der Waals surface area contributed by atoms with E-state index in [0.29, 0.717) is 6.42 Å². The van der Waals surface area contributed by atoms with Crippen molar-refractivity contribution in [3.63, 3.8) is 0 Å². The zero-order chi connectivity index (χ0) is 13.0. The first-order valence-corrected chi connectivity index (χ1v) is 8.00. The Morgan fingerprint density at radius 2 is 1.21 bits per heavy atom. The van der Waals surface area contributed by atoms with Gasteiger partial charge in [-0.15, -0.1) is 0 Å². The van der Waals surface area contributed by atoms with Crippen LogP contribution in [0.15, 0.2) is 0 Å². The molecule has 0 bridgehead atoms. The van der Waals surface area contributed by atoms with Crippen LogP contribution in [0.3, 0.4) is 0 Å². The standard InChI is InChI=1S/C12H26O4S.Na.H2O/c1-2-3-4-5-6-7-8-9-10-11-12-16-17(13,14)15;;/h2-12H2,1H3,(H,13,14,15);;1H2/q;+1;/p-1. The van der Waals surface area contributed by atoms with E-state index in [-0.39, 0.29) is 41.6 Å². The van der Waals surface area contributed by atoms with E-state index in [1.54, 1.807) is 0 Å². The molecule has 19 heavy (non-hydrogen) atoms. The molecule has 7 heteroatoms. The Morgan fingerprint density at radius 1 is 0.842 bits per heavy atom. The molecule has 2 N–H and O–H groups in total. The number of rotatable bonds is 12. The van der Waals surface area contributed by atoms with Crippen molar-refractivity contribution in [2.45, 2.75) is 71.1 Å². The van der Waals surface area contributed by atoms with Gasteiger partial charge in [0.1, 0.15) is 0 Å². The van der Waals surface area contributed by atoms with E-state index in [1.165, 1.54) is 44.9 Å². The Kier molecular flexibility index (Phi) is 22.1. The fourth-order valence-electron chi connectivity index (χ4n) is 1.75. The third kappa shape index (κ3) is 24.3. The molecule has 0 fully saturated rings. The van der Waals surface area contributed by atoms with Gasteiger partial charge in [0.2, 0.25) is 10.4 Å². The molecule has 0 heterocycles. The molecule has 112 valence electrons. The summed E-state index contributed by atoms with van der Waals surface area (Å²) >= 11 is 0. The Hall–Kier alpha value is 0.830. The van der Waals surface area contributed by atoms with Gasteiger partial charge in [-0.3, -0.25) is 4.18 Å². The minimum Gasteiger partial charge on any atom is -0.726 e. The van der Waals surface area contributed by atoms with Crippen molar-refractivity contribution in [2.24, 2.45) is 0 Å². The van der Waals surface area contributed by atoms with Gasteiger partial charge in [0.05, 0.1) is 6.61 Å². The first kappa shape index (κ1) is 24.8. The Morgan fingerprint density at radius 3 is 1.58 bits per heavy atom. The molecule has 0 aromatic rings. The smallest absolute Gasteiger partial charge is 0.726 e. The zero-order valence-corrected chi connectivity index (χ0v) is 15.1. The minimum atomic E-state index is -4.48. The van der Waals surface area contributed by atoms with Gasteiger partial charge in [-0.1, -0.05) is 64.7 Å². The van der Waals surface area contributed by atoms with Crippen molar-refractivity contribution < 1.29 is 52.2 Å². The van der Waals surface area contributed by atoms with E-state index in [2.05, 4.69) is 11.1 Å². The summed E-state index contributed by atoms with van der Waals surface area (Å²) in [5.74, 6) is 0. The first-order valence-electron chi connectivity index (χ1n) is 6.66. The molecule has 0 atom stereocenters. The van der Waals surface area contributed by atoms with E-state index in [0.717, 1.165) is 12.8 Å². The average molecular weight is 306 g/mol. The van der Waals surface area contributed by atoms with Gasteiger partial charge >= 0.3 is 29.6 Å². The van der Waals surface area contributed by atoms with Crippen LogP contribution in [0.2, 0.25) is 0 Å². The van der Waals surface area contributed by atoms with E-state index < -0.39 is 10.4 Å². The van der Waals surface area contributed by atoms with Crippen LogP contribution in [0.25, 0.3) is 0 Å². The summed E-state index contributed by atoms with van der Waals surface area (Å²) in [6, 6.07) is 0. The van der Waals surface area contributed by atoms with Gasteiger partial charge in [0, 0.05) is 0 Å². The maximum absolute atomic E-state index is 10.1. The second-order valence-corrected chi connectivity index (χ2v) is 5.46. The van der Waals surface area contributed by atoms with E-state index in [9.17, 15) is 13.0 Å². The molecule has 0 saturated carbocycles. The summed E-state index contributed by atoms with van der Waals surface area (Å²) in [6.07, 6.45) is 11.7. The molecule has 0 aliphatic rings. The molecular weight excluding hydrogens is 279 g/mol. The van der Waals surface area contributed by atoms with Crippen LogP contribution in [-0.2, 0) is 14.6 Å². The number of hydrogen-bond donors (Lipinski definition) is 0. The molecule has 0 saturated heterocycles. The molecule has 0 aromatic heterocycles. The molecule has 0 unspecified atom stereocenters. The fourth-order valence-corrected chi connectivity index (χ4v) is 2.07. The maximum Gasteiger partial charge on any atom is 1.00 e. The Bertz CT molecular complexity index is 257. The second kappa shape index (κ2) is 16.9. The van der Waals surface area contributed by atoms with Crippen molar-refractivity contribution in [2.75, 3.05) is 6.61 Å². The number of hydrogen-bond acceptors (Lipinski definition) is 4. The first-order chi connectivity index (χ1) is 8.06. The van der Waals surface area contributed by atoms with Crippen LogP contribution in [0.5, 0.6) is 0 Å². The van der Waals surface area contributed by atoms with Gasteiger partial charge < -0.3 is 10.0 Å². The normalized spacial score (nSPS) is 10.6. The summed E-state index contributed by atoms with van der Waals surface area (Å²) in [7, 11) is -4.48. The Balaban J connectivity index is -0.00000128. The predicted octanol–water partition coefficient (Wildman–Crippen LogP) is -0.437. The van der Waals surface area contributed by atoms with Crippen molar-refractivity contribution in [1.82, 2.24) is 0 Å². The summed E-state index contributed by atoms with van der Waals surface area (Å²) in [5.41, 5.74) is 0. The molecule has 0 aliphatic carbocycles. The van der Waals surface area contributed by atoms with Crippen LogP contribution >= 0.6 is 0 Å². The summed E-state index contributed by atoms with van der Waals surface area (Å²) in [6.45, 7) is 2.24. The van der Waals surface area contributed by atoms with Crippen molar-refractivity contribution in [3.8, 4) is 0 Å². The zero-order valence-electron chi connectivity index (χ0n) is 12.3. The van der Waals surface area contributed by atoms with Crippen molar-refractivity contribution >= 4 is 10.4 Å². The summed E-state index contributed by atoms with van der Waals surface area (Å²) in [4.78, 5) is 0. The topological polar surface area (TPSA) is 97.9 Å². The molecule has 0 spiro atoms. The van der Waals surface area contributed by atoms with Crippen LogP contribution < -0.4 is 29.6 Å². The van der Waals surface area contributed by atoms with Crippen LogP contribution in [0.1, 0.15) is 71.1 Å². The largest absolute Gasteiger partial charge is 1.00 e. The van der Waals surface area contributed by atoms with Gasteiger partial charge in [-0.05, 0) is 6.42 Å². The molecule has 0 amide bonds. The summed E-state index contributed by atoms with van der Waals surface area (Å²) in [5, 5.41) is 0. The Labute approximate surface area is 140 Å². The van der Waals surface area contributed by atoms with Crippen LogP contribution in [-0.4, -0.2) is 25.1 Å². The monoisotopic (exact) mass is 306 g/mol. The van der Waals surface area contributed by atoms with E-state index in [1.807, 2.05) is 0 Å². The van der Waals surface area contributed by atoms with Crippen LogP contribution in [0.4, 0.5) is 0 Å². The third-order valence-corrected chi connectivity index (χ3v) is 3.18. The molecule has 0 aromatic carbocycles. The predicted molar refractivity (Wildman–Crippen MR) is 71.1 cm³/mol. The van der Waals surface area contributed by atoms with Crippen molar-refractivity contribution in [3.05, 3.63) is 0 Å². The second-order valence-electron chi connectivity index (χ2n) is 4.41. The average Bonchev–Trinajstić information content (AvgIpc) is 2.24. The van der Waals surface area contributed by atoms with Gasteiger partial charge in [0.15, 0.2) is 0 Å². The van der Waals surface area contributed by atoms with E-state index in [4.69, 9.17) is 0 Å². The number of unbranched alkanes of at least 4 members (excludes halogenated alkanes) is 9. The van der Waals surface area contributed by atoms with Crippen LogP contribution in [0, 0.1) is 0 Å². The molecule has 5 nitrogen and oxygen atoms in total. The molecule has 0 rings (SSSR count). The minimum absolute atomic E-state index is 0. The van der Waals surface area contributed by atoms with E-state index >= 15 is 0 Å². The maximum atomic E-state index is 10.1. The third-order valence-electron chi connectivity index (χ3n) is 2.73. The van der Waals surface area contributed by atoms with Gasteiger partial charge in [-0.25, -0.2) is 8.42 Å². The molecule has 0 aliphatic heterocycles. The van der Waals surface area contributed by atoms with Crippen molar-refractivity contribution in [1.29, 1.82) is 0 Å². The molecular formula is C12H27NaO5S. The molecule has 0 radical (unpaired) electrons. The summed E-state index contributed by atoms with van der Waals surface area (Å²) < 4.78 is 34.5. The quantitative estimate of drug-likeness (QED) is 0.211. The SMILES string of the molecule is CCCCCCCCCCCCOS(=O)(=O)[O-].O.[Na+]. The fraction of sp³-hybridized carbons (Fsp3) is 1.00. The van der Waals surface area contributed by atoms with Gasteiger partial charge in [0.25, 0.3) is 0 Å².